The fraction of sp³-hybridized carbons (Fsp3) is 0.182. The normalized spacial score (nSPS) is 9.06. The molecule has 0 aliphatic carbocycles. The lowest BCUT2D eigenvalue weighted by Crippen LogP contribution is -2.45. The molecule has 0 bridgehead atoms. The van der Waals surface area contributed by atoms with Crippen molar-refractivity contribution < 1.29 is 4.79 Å². The van der Waals surface area contributed by atoms with Gasteiger partial charge in [0.25, 0.3) is 0 Å². The van der Waals surface area contributed by atoms with Crippen LogP contribution in [0, 0.1) is 0 Å². The predicted octanol–water partition coefficient (Wildman–Crippen LogP) is 1.56. The number of carbonyl (C=O) groups is 1. The van der Waals surface area contributed by atoms with Crippen molar-refractivity contribution in [2.75, 3.05) is 0 Å². The molecule has 0 aliphatic heterocycles. The molecule has 0 spiro atoms. The first-order valence-electron chi connectivity index (χ1n) is 5.02. The number of hydrazone groups is 1. The summed E-state index contributed by atoms with van der Waals surface area (Å²) >= 11 is 5.09. The van der Waals surface area contributed by atoms with Crippen molar-refractivity contribution in [3.63, 3.8) is 0 Å². The molecule has 2 amide bonds. The SMILES string of the molecule is CC(C)=NNC(=O)NNC(=S)c1ccccc1. The van der Waals surface area contributed by atoms with Crippen LogP contribution in [-0.4, -0.2) is 16.7 Å². The molecular formula is C11H14N4OS. The maximum Gasteiger partial charge on any atom is 0.353 e. The average molecular weight is 250 g/mol. The molecule has 0 saturated heterocycles. The van der Waals surface area contributed by atoms with Crippen LogP contribution in [0.5, 0.6) is 0 Å². The highest BCUT2D eigenvalue weighted by atomic mass is 32.1. The van der Waals surface area contributed by atoms with Gasteiger partial charge in [0, 0.05) is 11.3 Å². The molecule has 6 heteroatoms. The largest absolute Gasteiger partial charge is 0.353 e. The molecule has 0 aliphatic rings. The van der Waals surface area contributed by atoms with Gasteiger partial charge in [0.2, 0.25) is 0 Å². The van der Waals surface area contributed by atoms with E-state index in [9.17, 15) is 4.79 Å². The highest BCUT2D eigenvalue weighted by molar-refractivity contribution is 7.80. The monoisotopic (exact) mass is 250 g/mol. The van der Waals surface area contributed by atoms with Crippen LogP contribution in [-0.2, 0) is 0 Å². The van der Waals surface area contributed by atoms with Crippen LogP contribution in [0.15, 0.2) is 35.4 Å². The van der Waals surface area contributed by atoms with Crippen molar-refractivity contribution in [2.24, 2.45) is 5.10 Å². The number of carbonyl (C=O) groups excluding carboxylic acids is 1. The van der Waals surface area contributed by atoms with E-state index in [0.29, 0.717) is 4.99 Å². The number of amides is 2. The van der Waals surface area contributed by atoms with Gasteiger partial charge in [0.05, 0.1) is 0 Å². The van der Waals surface area contributed by atoms with E-state index in [1.54, 1.807) is 13.8 Å². The van der Waals surface area contributed by atoms with Crippen molar-refractivity contribution in [1.82, 2.24) is 16.3 Å². The Balaban J connectivity index is 2.39. The van der Waals surface area contributed by atoms with Gasteiger partial charge in [0.1, 0.15) is 4.99 Å². The fourth-order valence-electron chi connectivity index (χ4n) is 0.966. The predicted molar refractivity (Wildman–Crippen MR) is 71.7 cm³/mol. The zero-order chi connectivity index (χ0) is 12.7. The Morgan fingerprint density at radius 1 is 1.18 bits per heavy atom. The van der Waals surface area contributed by atoms with Crippen LogP contribution in [0.4, 0.5) is 4.79 Å². The minimum Gasteiger partial charge on any atom is -0.286 e. The number of hydrazine groups is 1. The second-order valence-corrected chi connectivity index (χ2v) is 3.85. The lowest BCUT2D eigenvalue weighted by atomic mass is 10.2. The van der Waals surface area contributed by atoms with E-state index >= 15 is 0 Å². The summed E-state index contributed by atoms with van der Waals surface area (Å²) in [6.45, 7) is 3.56. The maximum absolute atomic E-state index is 11.2. The first kappa shape index (κ1) is 13.1. The summed E-state index contributed by atoms with van der Waals surface area (Å²) in [5.41, 5.74) is 8.90. The number of hydrogen-bond donors (Lipinski definition) is 3. The van der Waals surface area contributed by atoms with E-state index in [0.717, 1.165) is 11.3 Å². The van der Waals surface area contributed by atoms with Gasteiger partial charge in [-0.2, -0.15) is 5.10 Å². The number of nitrogens with one attached hydrogen (secondary N) is 3. The minimum absolute atomic E-state index is 0.443. The van der Waals surface area contributed by atoms with E-state index in [1.807, 2.05) is 30.3 Å². The van der Waals surface area contributed by atoms with Gasteiger partial charge in [-0.05, 0) is 13.8 Å². The molecule has 0 aromatic heterocycles. The van der Waals surface area contributed by atoms with Gasteiger partial charge >= 0.3 is 6.03 Å². The average Bonchev–Trinajstić information content (AvgIpc) is 2.34. The van der Waals surface area contributed by atoms with E-state index in [1.165, 1.54) is 0 Å². The molecule has 0 radical (unpaired) electrons. The molecule has 0 saturated carbocycles. The Kier molecular flexibility index (Phi) is 5.09. The number of urea groups is 1. The van der Waals surface area contributed by atoms with E-state index in [4.69, 9.17) is 12.2 Å². The molecule has 1 rings (SSSR count). The van der Waals surface area contributed by atoms with Crippen LogP contribution < -0.4 is 16.3 Å². The molecule has 1 aromatic carbocycles. The highest BCUT2D eigenvalue weighted by Crippen LogP contribution is 1.97. The first-order valence-corrected chi connectivity index (χ1v) is 5.42. The van der Waals surface area contributed by atoms with Crippen LogP contribution in [0.3, 0.4) is 0 Å². The second kappa shape index (κ2) is 6.59. The van der Waals surface area contributed by atoms with Gasteiger partial charge in [-0.15, -0.1) is 0 Å². The summed E-state index contributed by atoms with van der Waals surface area (Å²) in [7, 11) is 0. The van der Waals surface area contributed by atoms with Gasteiger partial charge in [-0.1, -0.05) is 42.5 Å². The third-order valence-corrected chi connectivity index (χ3v) is 2.04. The Hall–Kier alpha value is -1.95. The Morgan fingerprint density at radius 3 is 2.41 bits per heavy atom. The van der Waals surface area contributed by atoms with E-state index < -0.39 is 6.03 Å². The third kappa shape index (κ3) is 5.07. The smallest absolute Gasteiger partial charge is 0.286 e. The zero-order valence-electron chi connectivity index (χ0n) is 9.65. The number of thiocarbonyl (C=S) groups is 1. The summed E-state index contributed by atoms with van der Waals surface area (Å²) in [5.74, 6) is 0. The topological polar surface area (TPSA) is 65.5 Å². The lowest BCUT2D eigenvalue weighted by molar-refractivity contribution is 0.239. The van der Waals surface area contributed by atoms with Gasteiger partial charge < -0.3 is 0 Å². The molecule has 0 heterocycles. The molecule has 0 atom stereocenters. The van der Waals surface area contributed by atoms with Gasteiger partial charge in [0.15, 0.2) is 0 Å². The molecule has 1 aromatic rings. The summed E-state index contributed by atoms with van der Waals surface area (Å²) in [6.07, 6.45) is 0. The third-order valence-electron chi connectivity index (χ3n) is 1.71. The molecule has 5 nitrogen and oxygen atoms in total. The molecule has 90 valence electrons. The van der Waals surface area contributed by atoms with Crippen molar-refractivity contribution in [1.29, 1.82) is 0 Å². The molecular weight excluding hydrogens is 236 g/mol. The summed E-state index contributed by atoms with van der Waals surface area (Å²) < 4.78 is 0. The van der Waals surface area contributed by atoms with Crippen molar-refractivity contribution >= 4 is 28.9 Å². The lowest BCUT2D eigenvalue weighted by Gasteiger charge is -2.08. The molecule has 3 N–H and O–H groups in total. The Bertz CT molecular complexity index is 426. The Labute approximate surface area is 105 Å². The van der Waals surface area contributed by atoms with Crippen molar-refractivity contribution in [3.05, 3.63) is 35.9 Å². The summed E-state index contributed by atoms with van der Waals surface area (Å²) in [4.78, 5) is 11.7. The highest BCUT2D eigenvalue weighted by Gasteiger charge is 2.01. The Morgan fingerprint density at radius 2 is 1.82 bits per heavy atom. The minimum atomic E-state index is -0.468. The number of hydrogen-bond acceptors (Lipinski definition) is 3. The molecule has 17 heavy (non-hydrogen) atoms. The van der Waals surface area contributed by atoms with Crippen LogP contribution in [0.2, 0.25) is 0 Å². The van der Waals surface area contributed by atoms with Gasteiger partial charge in [-0.3, -0.25) is 5.43 Å². The quantitative estimate of drug-likeness (QED) is 0.424. The van der Waals surface area contributed by atoms with Gasteiger partial charge in [-0.25, -0.2) is 15.6 Å². The molecule has 0 unspecified atom stereocenters. The van der Waals surface area contributed by atoms with Crippen LogP contribution >= 0.6 is 12.2 Å². The summed E-state index contributed by atoms with van der Waals surface area (Å²) in [6, 6.07) is 8.87. The standard InChI is InChI=1S/C11H14N4OS/c1-8(2)12-14-11(16)15-13-10(17)9-6-4-3-5-7-9/h3-7H,1-2H3,(H,13,17)(H2,14,15,16). The van der Waals surface area contributed by atoms with Crippen LogP contribution in [0.25, 0.3) is 0 Å². The van der Waals surface area contributed by atoms with Crippen molar-refractivity contribution in [2.45, 2.75) is 13.8 Å². The molecule has 0 fully saturated rings. The van der Waals surface area contributed by atoms with Crippen LogP contribution in [0.1, 0.15) is 19.4 Å². The summed E-state index contributed by atoms with van der Waals surface area (Å²) in [5, 5.41) is 3.75. The van der Waals surface area contributed by atoms with Crippen molar-refractivity contribution in [3.8, 4) is 0 Å². The van der Waals surface area contributed by atoms with E-state index in [-0.39, 0.29) is 0 Å². The zero-order valence-corrected chi connectivity index (χ0v) is 10.5. The van der Waals surface area contributed by atoms with E-state index in [2.05, 4.69) is 21.4 Å². The number of rotatable bonds is 2. The first-order chi connectivity index (χ1) is 8.09. The number of nitrogens with zero attached hydrogens (tertiary/aromatic N) is 1. The fourth-order valence-corrected chi connectivity index (χ4v) is 1.15. The maximum atomic E-state index is 11.2. The number of benzene rings is 1. The second-order valence-electron chi connectivity index (χ2n) is 3.45.